The summed E-state index contributed by atoms with van der Waals surface area (Å²) in [6, 6.07) is 10.5. The van der Waals surface area contributed by atoms with E-state index in [1.807, 2.05) is 61.7 Å². The van der Waals surface area contributed by atoms with Crippen LogP contribution in [0.1, 0.15) is 98.9 Å². The second kappa shape index (κ2) is 23.1. The van der Waals surface area contributed by atoms with E-state index in [1.54, 1.807) is 6.20 Å². The Morgan fingerprint density at radius 2 is 1.53 bits per heavy atom. The number of nitrogens with zero attached hydrogens (tertiary/aromatic N) is 3. The van der Waals surface area contributed by atoms with E-state index in [9.17, 15) is 0 Å². The van der Waals surface area contributed by atoms with Gasteiger partial charge in [-0.1, -0.05) is 112 Å². The molecule has 5 heteroatoms. The number of benzene rings is 1. The number of anilines is 1. The number of hydrogen-bond donors (Lipinski definition) is 2. The van der Waals surface area contributed by atoms with Crippen molar-refractivity contribution >= 4 is 17.3 Å². The smallest absolute Gasteiger partial charge is 0.222 e. The van der Waals surface area contributed by atoms with Crippen molar-refractivity contribution in [3.05, 3.63) is 77.3 Å². The Labute approximate surface area is 235 Å². The topological polar surface area (TPSA) is 53.1 Å². The summed E-state index contributed by atoms with van der Waals surface area (Å²) in [5.74, 6) is 1.49. The molecular weight excluding hydrogens is 466 g/mol. The third-order valence-corrected chi connectivity index (χ3v) is 5.48. The average molecular weight is 524 g/mol. The highest BCUT2D eigenvalue weighted by Gasteiger charge is 2.19. The molecule has 1 aromatic heterocycles. The van der Waals surface area contributed by atoms with E-state index >= 15 is 0 Å². The fourth-order valence-corrected chi connectivity index (χ4v) is 3.11. The summed E-state index contributed by atoms with van der Waals surface area (Å²) in [4.78, 5) is 11.2. The molecule has 1 aliphatic rings. The minimum absolute atomic E-state index is 0.607. The predicted molar refractivity (Wildman–Crippen MR) is 172 cm³/mol. The summed E-state index contributed by atoms with van der Waals surface area (Å²) in [5.41, 5.74) is 6.66. The van der Waals surface area contributed by atoms with Gasteiger partial charge >= 0.3 is 0 Å². The molecule has 0 atom stereocenters. The van der Waals surface area contributed by atoms with Crippen LogP contribution in [-0.4, -0.2) is 35.5 Å². The molecule has 0 spiro atoms. The molecule has 0 bridgehead atoms. The van der Waals surface area contributed by atoms with Crippen LogP contribution in [0.15, 0.2) is 60.5 Å². The Balaban J connectivity index is 0. The van der Waals surface area contributed by atoms with Crippen molar-refractivity contribution in [2.45, 2.75) is 89.0 Å². The molecule has 2 N–H and O–H groups in total. The highest BCUT2D eigenvalue weighted by Crippen LogP contribution is 2.29. The molecule has 1 aliphatic heterocycles. The lowest BCUT2D eigenvalue weighted by Gasteiger charge is -2.28. The van der Waals surface area contributed by atoms with Gasteiger partial charge in [0.05, 0.1) is 17.1 Å². The predicted octanol–water partition coefficient (Wildman–Crippen LogP) is 9.17. The van der Waals surface area contributed by atoms with Crippen molar-refractivity contribution < 1.29 is 0 Å². The molecule has 0 amide bonds. The van der Waals surface area contributed by atoms with Crippen LogP contribution < -0.4 is 10.6 Å². The SMILES string of the molecule is CC.CC.CC.CCC(C)C.CCC1=CCN(/C(=C(\NC)c2ccc(C)cc2)c2ccnc(NC)n2)C=C1. The molecule has 0 saturated heterocycles. The van der Waals surface area contributed by atoms with E-state index in [2.05, 4.69) is 97.8 Å². The van der Waals surface area contributed by atoms with Crippen LogP contribution in [0.25, 0.3) is 11.4 Å². The van der Waals surface area contributed by atoms with Crippen LogP contribution in [-0.2, 0) is 0 Å². The van der Waals surface area contributed by atoms with Crippen molar-refractivity contribution in [1.29, 1.82) is 0 Å². The molecule has 2 aromatic rings. The summed E-state index contributed by atoms with van der Waals surface area (Å²) >= 11 is 0. The second-order valence-corrected chi connectivity index (χ2v) is 8.26. The summed E-state index contributed by atoms with van der Waals surface area (Å²) in [5, 5.41) is 6.43. The maximum atomic E-state index is 4.70. The van der Waals surface area contributed by atoms with Crippen molar-refractivity contribution in [3.8, 4) is 0 Å². The Kier molecular flexibility index (Phi) is 22.5. The fourth-order valence-electron chi connectivity index (χ4n) is 3.11. The molecular formula is C33H57N5. The number of nitrogens with one attached hydrogen (secondary N) is 2. The van der Waals surface area contributed by atoms with Crippen LogP contribution in [0, 0.1) is 12.8 Å². The monoisotopic (exact) mass is 523 g/mol. The largest absolute Gasteiger partial charge is 0.386 e. The minimum atomic E-state index is 0.607. The molecule has 0 fully saturated rings. The van der Waals surface area contributed by atoms with E-state index in [1.165, 1.54) is 17.6 Å². The number of aromatic nitrogens is 2. The zero-order valence-corrected chi connectivity index (χ0v) is 26.7. The van der Waals surface area contributed by atoms with Crippen molar-refractivity contribution in [3.63, 3.8) is 0 Å². The van der Waals surface area contributed by atoms with Crippen molar-refractivity contribution in [2.75, 3.05) is 26.0 Å². The van der Waals surface area contributed by atoms with Gasteiger partial charge in [-0.2, -0.15) is 0 Å². The summed E-state index contributed by atoms with van der Waals surface area (Å²) in [6.07, 6.45) is 10.7. The lowest BCUT2D eigenvalue weighted by Crippen LogP contribution is -2.23. The van der Waals surface area contributed by atoms with Gasteiger partial charge in [0.2, 0.25) is 5.95 Å². The molecule has 2 heterocycles. The number of hydrogen-bond acceptors (Lipinski definition) is 5. The highest BCUT2D eigenvalue weighted by atomic mass is 15.2. The highest BCUT2D eigenvalue weighted by molar-refractivity contribution is 5.88. The maximum absolute atomic E-state index is 4.70. The molecule has 0 unspecified atom stereocenters. The third kappa shape index (κ3) is 12.9. The first-order valence-corrected chi connectivity index (χ1v) is 14.6. The molecule has 0 saturated carbocycles. The number of rotatable bonds is 7. The van der Waals surface area contributed by atoms with Gasteiger partial charge in [0, 0.05) is 33.0 Å². The molecule has 3 rings (SSSR count). The standard InChI is InChI=1S/C22H27N5.C5H12.3C2H6/c1-5-17-11-14-27(15-12-17)21(19-10-13-25-22(24-4)26-19)20(23-3)18-8-6-16(2)7-9-18;1-4-5(2)3;3*1-2/h6-14,23H,5,15H2,1-4H3,(H,24,25,26);5H,4H2,1-3H3;3*1-2H3/b21-20-;;;;. The molecule has 38 heavy (non-hydrogen) atoms. The second-order valence-electron chi connectivity index (χ2n) is 8.26. The van der Waals surface area contributed by atoms with Crippen LogP contribution in [0.3, 0.4) is 0 Å². The first-order valence-electron chi connectivity index (χ1n) is 14.6. The molecule has 1 aromatic carbocycles. The Hall–Kier alpha value is -3.08. The van der Waals surface area contributed by atoms with Gasteiger partial charge in [0.25, 0.3) is 0 Å². The average Bonchev–Trinajstić information content (AvgIpc) is 3.00. The van der Waals surface area contributed by atoms with Crippen molar-refractivity contribution in [2.24, 2.45) is 5.92 Å². The zero-order chi connectivity index (χ0) is 29.5. The first kappa shape index (κ1) is 37.1. The third-order valence-electron chi connectivity index (χ3n) is 5.48. The lowest BCUT2D eigenvalue weighted by atomic mass is 10.0. The zero-order valence-electron chi connectivity index (χ0n) is 26.7. The molecule has 5 nitrogen and oxygen atoms in total. The Morgan fingerprint density at radius 1 is 0.947 bits per heavy atom. The maximum Gasteiger partial charge on any atom is 0.222 e. The van der Waals surface area contributed by atoms with Crippen LogP contribution >= 0.6 is 0 Å². The van der Waals surface area contributed by atoms with Gasteiger partial charge in [-0.15, -0.1) is 0 Å². The van der Waals surface area contributed by atoms with E-state index < -0.39 is 0 Å². The quantitative estimate of drug-likeness (QED) is 0.379. The van der Waals surface area contributed by atoms with Gasteiger partial charge in [0.1, 0.15) is 0 Å². The van der Waals surface area contributed by atoms with Crippen molar-refractivity contribution in [1.82, 2.24) is 20.2 Å². The minimum Gasteiger partial charge on any atom is -0.386 e. The number of aryl methyl sites for hydroxylation is 1. The summed E-state index contributed by atoms with van der Waals surface area (Å²) in [7, 11) is 3.79. The van der Waals surface area contributed by atoms with Crippen LogP contribution in [0.4, 0.5) is 5.95 Å². The number of allylic oxidation sites excluding steroid dienone is 2. The molecule has 0 aliphatic carbocycles. The summed E-state index contributed by atoms with van der Waals surface area (Å²) < 4.78 is 0. The van der Waals surface area contributed by atoms with Gasteiger partial charge in [-0.25, -0.2) is 9.97 Å². The van der Waals surface area contributed by atoms with E-state index in [-0.39, 0.29) is 0 Å². The van der Waals surface area contributed by atoms with Gasteiger partial charge < -0.3 is 15.5 Å². The lowest BCUT2D eigenvalue weighted by molar-refractivity contribution is 0.578. The van der Waals surface area contributed by atoms with E-state index in [0.29, 0.717) is 5.95 Å². The molecule has 0 radical (unpaired) electrons. The van der Waals surface area contributed by atoms with E-state index in [4.69, 9.17) is 4.98 Å². The van der Waals surface area contributed by atoms with Crippen LogP contribution in [0.2, 0.25) is 0 Å². The Bertz CT molecular complexity index is 940. The first-order chi connectivity index (χ1) is 18.4. The van der Waals surface area contributed by atoms with E-state index in [0.717, 1.165) is 41.5 Å². The molecule has 214 valence electrons. The normalized spacial score (nSPS) is 12.1. The fraction of sp³-hybridized carbons (Fsp3) is 0.515. The summed E-state index contributed by atoms with van der Waals surface area (Å²) in [6.45, 7) is 23.7. The van der Waals surface area contributed by atoms with Gasteiger partial charge in [-0.3, -0.25) is 0 Å². The van der Waals surface area contributed by atoms with Crippen LogP contribution in [0.5, 0.6) is 0 Å². The van der Waals surface area contributed by atoms with Gasteiger partial charge in [-0.05, 0) is 42.5 Å². The Morgan fingerprint density at radius 3 is 1.95 bits per heavy atom. The van der Waals surface area contributed by atoms with Gasteiger partial charge in [0.15, 0.2) is 0 Å².